The van der Waals surface area contributed by atoms with E-state index in [4.69, 9.17) is 0 Å². The molecule has 2 heterocycles. The van der Waals surface area contributed by atoms with Gasteiger partial charge in [-0.15, -0.1) is 11.3 Å². The van der Waals surface area contributed by atoms with Gasteiger partial charge in [-0.05, 0) is 31.8 Å². The molecule has 0 aromatic carbocycles. The van der Waals surface area contributed by atoms with Gasteiger partial charge in [0, 0.05) is 24.7 Å². The van der Waals surface area contributed by atoms with Gasteiger partial charge in [0.05, 0.1) is 0 Å². The first-order valence-electron chi connectivity index (χ1n) is 6.41. The van der Waals surface area contributed by atoms with Crippen LogP contribution in [0, 0.1) is 5.92 Å². The van der Waals surface area contributed by atoms with Gasteiger partial charge in [-0.25, -0.2) is 9.78 Å². The molecule has 6 heteroatoms. The van der Waals surface area contributed by atoms with Crippen LogP contribution in [-0.2, 0) is 0 Å². The molecule has 1 aromatic rings. The minimum atomic E-state index is -0.171. The second-order valence-corrected chi connectivity index (χ2v) is 5.64. The first-order valence-corrected chi connectivity index (χ1v) is 7.28. The lowest BCUT2D eigenvalue weighted by atomic mass is 9.99. The van der Waals surface area contributed by atoms with E-state index >= 15 is 0 Å². The number of amides is 2. The third kappa shape index (κ3) is 4.27. The maximum atomic E-state index is 11.5. The molecule has 1 aliphatic rings. The zero-order valence-electron chi connectivity index (χ0n) is 10.7. The second-order valence-electron chi connectivity index (χ2n) is 4.74. The van der Waals surface area contributed by atoms with E-state index in [1.807, 2.05) is 5.38 Å². The number of nitrogens with zero attached hydrogens (tertiary/aromatic N) is 2. The summed E-state index contributed by atoms with van der Waals surface area (Å²) in [6.07, 6.45) is 4.21. The Bertz CT molecular complexity index is 360. The van der Waals surface area contributed by atoms with Gasteiger partial charge in [0.15, 0.2) is 5.13 Å². The van der Waals surface area contributed by atoms with Crippen LogP contribution in [0.4, 0.5) is 9.93 Å². The van der Waals surface area contributed by atoms with E-state index in [1.165, 1.54) is 24.2 Å². The van der Waals surface area contributed by atoms with Gasteiger partial charge >= 0.3 is 6.03 Å². The fourth-order valence-corrected chi connectivity index (χ4v) is 2.56. The predicted octanol–water partition coefficient (Wildman–Crippen LogP) is 2.00. The van der Waals surface area contributed by atoms with E-state index in [2.05, 4.69) is 27.4 Å². The zero-order valence-corrected chi connectivity index (χ0v) is 11.5. The van der Waals surface area contributed by atoms with E-state index in [-0.39, 0.29) is 6.03 Å². The van der Waals surface area contributed by atoms with Crippen LogP contribution >= 0.6 is 11.3 Å². The summed E-state index contributed by atoms with van der Waals surface area (Å²) in [7, 11) is 0. The number of piperidine rings is 1. The molecule has 0 saturated carbocycles. The van der Waals surface area contributed by atoms with Gasteiger partial charge in [-0.1, -0.05) is 6.92 Å². The number of anilines is 1. The van der Waals surface area contributed by atoms with Crippen LogP contribution in [0.15, 0.2) is 11.6 Å². The number of aromatic nitrogens is 1. The third-order valence-corrected chi connectivity index (χ3v) is 3.93. The van der Waals surface area contributed by atoms with Crippen molar-refractivity contribution in [1.29, 1.82) is 0 Å². The zero-order chi connectivity index (χ0) is 12.8. The van der Waals surface area contributed by atoms with Crippen LogP contribution in [0.5, 0.6) is 0 Å². The minimum Gasteiger partial charge on any atom is -0.337 e. The molecule has 2 amide bonds. The maximum absolute atomic E-state index is 11.5. The Kier molecular flexibility index (Phi) is 4.95. The summed E-state index contributed by atoms with van der Waals surface area (Å²) >= 11 is 1.42. The SMILES string of the molecule is CC1CCN(CCNC(=O)Nc2nccs2)CC1. The summed E-state index contributed by atoms with van der Waals surface area (Å²) in [5.74, 6) is 0.849. The lowest BCUT2D eigenvalue weighted by Crippen LogP contribution is -2.40. The quantitative estimate of drug-likeness (QED) is 0.878. The highest BCUT2D eigenvalue weighted by Crippen LogP contribution is 2.15. The molecule has 1 aliphatic heterocycles. The summed E-state index contributed by atoms with van der Waals surface area (Å²) in [5, 5.41) is 8.04. The smallest absolute Gasteiger partial charge is 0.321 e. The van der Waals surface area contributed by atoms with Crippen molar-refractivity contribution in [3.8, 4) is 0 Å². The Morgan fingerprint density at radius 3 is 3.00 bits per heavy atom. The van der Waals surface area contributed by atoms with Crippen LogP contribution < -0.4 is 10.6 Å². The van der Waals surface area contributed by atoms with Crippen molar-refractivity contribution in [2.45, 2.75) is 19.8 Å². The summed E-state index contributed by atoms with van der Waals surface area (Å²) in [6.45, 7) is 6.22. The monoisotopic (exact) mass is 268 g/mol. The van der Waals surface area contributed by atoms with E-state index < -0.39 is 0 Å². The molecule has 5 nitrogen and oxygen atoms in total. The van der Waals surface area contributed by atoms with Crippen molar-refractivity contribution >= 4 is 22.5 Å². The average Bonchev–Trinajstić information content (AvgIpc) is 2.84. The number of hydrogen-bond acceptors (Lipinski definition) is 4. The van der Waals surface area contributed by atoms with Crippen molar-refractivity contribution in [2.24, 2.45) is 5.92 Å². The second kappa shape index (κ2) is 6.70. The van der Waals surface area contributed by atoms with Gasteiger partial charge < -0.3 is 10.2 Å². The molecule has 0 radical (unpaired) electrons. The maximum Gasteiger partial charge on any atom is 0.321 e. The Balaban J connectivity index is 1.59. The molecule has 1 saturated heterocycles. The van der Waals surface area contributed by atoms with E-state index in [1.54, 1.807) is 6.20 Å². The molecule has 0 aliphatic carbocycles. The highest BCUT2D eigenvalue weighted by Gasteiger charge is 2.15. The highest BCUT2D eigenvalue weighted by molar-refractivity contribution is 7.13. The largest absolute Gasteiger partial charge is 0.337 e. The summed E-state index contributed by atoms with van der Waals surface area (Å²) in [5.41, 5.74) is 0. The summed E-state index contributed by atoms with van der Waals surface area (Å²) in [6, 6.07) is -0.171. The van der Waals surface area contributed by atoms with E-state index in [0.29, 0.717) is 11.7 Å². The Hall–Kier alpha value is -1.14. The number of nitrogens with one attached hydrogen (secondary N) is 2. The Morgan fingerprint density at radius 2 is 2.33 bits per heavy atom. The van der Waals surface area contributed by atoms with Crippen LogP contribution in [-0.4, -0.2) is 42.1 Å². The van der Waals surface area contributed by atoms with Crippen LogP contribution in [0.25, 0.3) is 0 Å². The molecule has 0 spiro atoms. The molecule has 100 valence electrons. The van der Waals surface area contributed by atoms with E-state index in [0.717, 1.165) is 25.6 Å². The molecule has 18 heavy (non-hydrogen) atoms. The third-order valence-electron chi connectivity index (χ3n) is 3.24. The standard InChI is InChI=1S/C12H20N4OS/c1-10-2-6-16(7-3-10)8-4-13-11(17)15-12-14-5-9-18-12/h5,9-10H,2-4,6-8H2,1H3,(H2,13,14,15,17). The fraction of sp³-hybridized carbons (Fsp3) is 0.667. The fourth-order valence-electron chi connectivity index (χ4n) is 2.04. The van der Waals surface area contributed by atoms with Gasteiger partial charge in [-0.3, -0.25) is 5.32 Å². The molecule has 2 N–H and O–H groups in total. The Morgan fingerprint density at radius 1 is 1.56 bits per heavy atom. The van der Waals surface area contributed by atoms with Gasteiger partial charge in [0.1, 0.15) is 0 Å². The molecule has 1 aromatic heterocycles. The number of hydrogen-bond donors (Lipinski definition) is 2. The van der Waals surface area contributed by atoms with Crippen LogP contribution in [0.1, 0.15) is 19.8 Å². The number of rotatable bonds is 4. The average molecular weight is 268 g/mol. The topological polar surface area (TPSA) is 57.3 Å². The minimum absolute atomic E-state index is 0.171. The van der Waals surface area contributed by atoms with Crippen LogP contribution in [0.2, 0.25) is 0 Å². The van der Waals surface area contributed by atoms with Crippen molar-refractivity contribution in [2.75, 3.05) is 31.5 Å². The van der Waals surface area contributed by atoms with E-state index in [9.17, 15) is 4.79 Å². The molecular weight excluding hydrogens is 248 g/mol. The molecule has 0 bridgehead atoms. The molecule has 0 unspecified atom stereocenters. The molecule has 0 atom stereocenters. The van der Waals surface area contributed by atoms with Crippen molar-refractivity contribution < 1.29 is 4.79 Å². The first kappa shape index (κ1) is 13.3. The van der Waals surface area contributed by atoms with Gasteiger partial charge in [0.2, 0.25) is 0 Å². The van der Waals surface area contributed by atoms with Crippen molar-refractivity contribution in [1.82, 2.24) is 15.2 Å². The molecular formula is C12H20N4OS. The number of urea groups is 1. The molecule has 1 fully saturated rings. The van der Waals surface area contributed by atoms with Crippen molar-refractivity contribution in [3.05, 3.63) is 11.6 Å². The predicted molar refractivity (Wildman–Crippen MR) is 74.0 cm³/mol. The first-order chi connectivity index (χ1) is 8.74. The summed E-state index contributed by atoms with van der Waals surface area (Å²) < 4.78 is 0. The number of thiazole rings is 1. The molecule has 2 rings (SSSR count). The Labute approximate surface area is 112 Å². The normalized spacial score (nSPS) is 17.6. The lowest BCUT2D eigenvalue weighted by Gasteiger charge is -2.30. The number of carbonyl (C=O) groups excluding carboxylic acids is 1. The van der Waals surface area contributed by atoms with Gasteiger partial charge in [-0.2, -0.15) is 0 Å². The summed E-state index contributed by atoms with van der Waals surface area (Å²) in [4.78, 5) is 17.9. The highest BCUT2D eigenvalue weighted by atomic mass is 32.1. The lowest BCUT2D eigenvalue weighted by molar-refractivity contribution is 0.192. The number of carbonyl (C=O) groups is 1. The van der Waals surface area contributed by atoms with Crippen LogP contribution in [0.3, 0.4) is 0 Å². The van der Waals surface area contributed by atoms with Gasteiger partial charge in [0.25, 0.3) is 0 Å². The van der Waals surface area contributed by atoms with Crippen molar-refractivity contribution in [3.63, 3.8) is 0 Å². The number of likely N-dealkylation sites (tertiary alicyclic amines) is 1.